The van der Waals surface area contributed by atoms with Crippen molar-refractivity contribution in [2.75, 3.05) is 13.2 Å². The summed E-state index contributed by atoms with van der Waals surface area (Å²) in [6.45, 7) is 3.87. The fourth-order valence-electron chi connectivity index (χ4n) is 1.44. The molecule has 0 unspecified atom stereocenters. The number of hydrogen-bond acceptors (Lipinski definition) is 5. The summed E-state index contributed by atoms with van der Waals surface area (Å²) >= 11 is 0. The van der Waals surface area contributed by atoms with Crippen LogP contribution in [0.2, 0.25) is 0 Å². The molecule has 0 bridgehead atoms. The second-order valence-corrected chi connectivity index (χ2v) is 4.70. The molecule has 0 fully saturated rings. The summed E-state index contributed by atoms with van der Waals surface area (Å²) in [4.78, 5) is 21.7. The summed E-state index contributed by atoms with van der Waals surface area (Å²) in [5, 5.41) is 22.5. The highest BCUT2D eigenvalue weighted by Crippen LogP contribution is 2.27. The highest BCUT2D eigenvalue weighted by molar-refractivity contribution is 5.77. The normalized spacial score (nSPS) is 10.4. The number of nitro groups is 1. The van der Waals surface area contributed by atoms with Crippen molar-refractivity contribution >= 4 is 11.6 Å². The van der Waals surface area contributed by atoms with Gasteiger partial charge in [-0.25, -0.2) is 0 Å². The van der Waals surface area contributed by atoms with Crippen LogP contribution in [-0.2, 0) is 11.4 Å². The molecule has 110 valence electrons. The van der Waals surface area contributed by atoms with Crippen LogP contribution in [0.1, 0.15) is 19.4 Å². The molecule has 0 aromatic heterocycles. The Morgan fingerprint density at radius 2 is 2.20 bits per heavy atom. The molecule has 0 aliphatic carbocycles. The Hall–Kier alpha value is -2.15. The maximum absolute atomic E-state index is 11.5. The molecule has 0 aliphatic rings. The molecule has 0 aliphatic heterocycles. The number of aliphatic hydroxyl groups excluding tert-OH is 1. The lowest BCUT2D eigenvalue weighted by molar-refractivity contribution is -0.385. The Morgan fingerprint density at radius 1 is 1.50 bits per heavy atom. The van der Waals surface area contributed by atoms with E-state index in [9.17, 15) is 14.9 Å². The summed E-state index contributed by atoms with van der Waals surface area (Å²) < 4.78 is 5.17. The predicted octanol–water partition coefficient (Wildman–Crippen LogP) is 1.24. The number of benzene rings is 1. The van der Waals surface area contributed by atoms with Crippen molar-refractivity contribution in [3.05, 3.63) is 33.9 Å². The quantitative estimate of drug-likeness (QED) is 0.578. The molecule has 0 saturated carbocycles. The van der Waals surface area contributed by atoms with E-state index >= 15 is 0 Å². The minimum absolute atomic E-state index is 0.0266. The van der Waals surface area contributed by atoms with Crippen LogP contribution < -0.4 is 10.1 Å². The Kier molecular flexibility index (Phi) is 5.92. The van der Waals surface area contributed by atoms with Crippen molar-refractivity contribution in [1.82, 2.24) is 5.32 Å². The van der Waals surface area contributed by atoms with Gasteiger partial charge in [0.1, 0.15) is 0 Å². The van der Waals surface area contributed by atoms with Crippen molar-refractivity contribution in [3.8, 4) is 5.75 Å². The van der Waals surface area contributed by atoms with Gasteiger partial charge in [-0.3, -0.25) is 14.9 Å². The molecule has 0 radical (unpaired) electrons. The van der Waals surface area contributed by atoms with E-state index in [0.29, 0.717) is 18.0 Å². The topological polar surface area (TPSA) is 102 Å². The van der Waals surface area contributed by atoms with Gasteiger partial charge in [-0.1, -0.05) is 13.8 Å². The van der Waals surface area contributed by atoms with Crippen LogP contribution in [0.3, 0.4) is 0 Å². The first-order valence-corrected chi connectivity index (χ1v) is 6.21. The average molecular weight is 282 g/mol. The van der Waals surface area contributed by atoms with E-state index in [1.165, 1.54) is 18.2 Å². The molecule has 7 nitrogen and oxygen atoms in total. The molecule has 20 heavy (non-hydrogen) atoms. The van der Waals surface area contributed by atoms with Gasteiger partial charge < -0.3 is 15.2 Å². The van der Waals surface area contributed by atoms with Gasteiger partial charge in [0.2, 0.25) is 0 Å². The zero-order chi connectivity index (χ0) is 15.1. The highest BCUT2D eigenvalue weighted by Gasteiger charge is 2.16. The first kappa shape index (κ1) is 15.9. The van der Waals surface area contributed by atoms with E-state index in [-0.39, 0.29) is 30.6 Å². The van der Waals surface area contributed by atoms with Crippen LogP contribution in [0.4, 0.5) is 5.69 Å². The smallest absolute Gasteiger partial charge is 0.310 e. The molecule has 0 saturated heterocycles. The number of hydrogen-bond donors (Lipinski definition) is 2. The number of ether oxygens (including phenoxy) is 1. The Balaban J connectivity index is 2.70. The highest BCUT2D eigenvalue weighted by atomic mass is 16.6. The Morgan fingerprint density at radius 3 is 2.75 bits per heavy atom. The lowest BCUT2D eigenvalue weighted by Gasteiger charge is -2.10. The molecular weight excluding hydrogens is 264 g/mol. The van der Waals surface area contributed by atoms with E-state index in [1.807, 2.05) is 13.8 Å². The Labute approximate surface area is 116 Å². The molecule has 1 aromatic rings. The number of amides is 1. The van der Waals surface area contributed by atoms with Crippen molar-refractivity contribution in [3.63, 3.8) is 0 Å². The van der Waals surface area contributed by atoms with Gasteiger partial charge in [-0.15, -0.1) is 0 Å². The van der Waals surface area contributed by atoms with Crippen molar-refractivity contribution in [2.24, 2.45) is 5.92 Å². The summed E-state index contributed by atoms with van der Waals surface area (Å²) in [5.74, 6) is -0.0605. The van der Waals surface area contributed by atoms with Crippen molar-refractivity contribution in [2.45, 2.75) is 20.5 Å². The minimum atomic E-state index is -0.595. The van der Waals surface area contributed by atoms with Gasteiger partial charge in [0.15, 0.2) is 12.4 Å². The molecule has 7 heteroatoms. The maximum atomic E-state index is 11.5. The number of nitrogens with one attached hydrogen (secondary N) is 1. The van der Waals surface area contributed by atoms with Crippen LogP contribution in [-0.4, -0.2) is 29.1 Å². The van der Waals surface area contributed by atoms with Crippen LogP contribution in [0.25, 0.3) is 0 Å². The molecule has 2 N–H and O–H groups in total. The lowest BCUT2D eigenvalue weighted by Crippen LogP contribution is -2.31. The second kappa shape index (κ2) is 7.44. The summed E-state index contributed by atoms with van der Waals surface area (Å²) in [6.07, 6.45) is 0. The molecular formula is C13H18N2O5. The molecule has 1 aromatic carbocycles. The van der Waals surface area contributed by atoms with Crippen LogP contribution in [0.15, 0.2) is 18.2 Å². The third kappa shape index (κ3) is 4.85. The van der Waals surface area contributed by atoms with Gasteiger partial charge in [0.25, 0.3) is 5.91 Å². The maximum Gasteiger partial charge on any atom is 0.310 e. The Bertz CT molecular complexity index is 488. The largest absolute Gasteiger partial charge is 0.477 e. The molecule has 0 heterocycles. The average Bonchev–Trinajstić information content (AvgIpc) is 2.42. The van der Waals surface area contributed by atoms with E-state index in [1.54, 1.807) is 0 Å². The monoisotopic (exact) mass is 282 g/mol. The standard InChI is InChI=1S/C13H18N2O5/c1-9(2)6-14-13(17)8-20-12-5-10(7-16)3-4-11(12)15(18)19/h3-5,9,16H,6-8H2,1-2H3,(H,14,17). The minimum Gasteiger partial charge on any atom is -0.477 e. The molecule has 0 atom stereocenters. The lowest BCUT2D eigenvalue weighted by atomic mass is 10.2. The third-order valence-electron chi connectivity index (χ3n) is 2.47. The van der Waals surface area contributed by atoms with Gasteiger partial charge in [0.05, 0.1) is 11.5 Å². The fourth-order valence-corrected chi connectivity index (χ4v) is 1.44. The van der Waals surface area contributed by atoms with Gasteiger partial charge in [0, 0.05) is 12.6 Å². The van der Waals surface area contributed by atoms with E-state index in [2.05, 4.69) is 5.32 Å². The number of carbonyl (C=O) groups excluding carboxylic acids is 1. The predicted molar refractivity (Wildman–Crippen MR) is 72.4 cm³/mol. The zero-order valence-electron chi connectivity index (χ0n) is 11.5. The number of nitrogens with zero attached hydrogens (tertiary/aromatic N) is 1. The second-order valence-electron chi connectivity index (χ2n) is 4.70. The molecule has 0 spiro atoms. The van der Waals surface area contributed by atoms with Crippen LogP contribution in [0, 0.1) is 16.0 Å². The first-order valence-electron chi connectivity index (χ1n) is 6.21. The summed E-state index contributed by atoms with van der Waals surface area (Å²) in [7, 11) is 0. The number of aliphatic hydroxyl groups is 1. The first-order chi connectivity index (χ1) is 9.43. The van der Waals surface area contributed by atoms with Crippen molar-refractivity contribution in [1.29, 1.82) is 0 Å². The molecule has 1 amide bonds. The van der Waals surface area contributed by atoms with E-state index in [4.69, 9.17) is 9.84 Å². The van der Waals surface area contributed by atoms with Gasteiger partial charge in [-0.05, 0) is 23.6 Å². The number of carbonyl (C=O) groups is 1. The van der Waals surface area contributed by atoms with Gasteiger partial charge in [-0.2, -0.15) is 0 Å². The van der Waals surface area contributed by atoms with Crippen LogP contribution >= 0.6 is 0 Å². The van der Waals surface area contributed by atoms with Crippen molar-refractivity contribution < 1.29 is 19.6 Å². The number of rotatable bonds is 7. The van der Waals surface area contributed by atoms with E-state index in [0.717, 1.165) is 0 Å². The van der Waals surface area contributed by atoms with Crippen LogP contribution in [0.5, 0.6) is 5.75 Å². The summed E-state index contributed by atoms with van der Waals surface area (Å²) in [5.41, 5.74) is 0.243. The third-order valence-corrected chi connectivity index (χ3v) is 2.47. The van der Waals surface area contributed by atoms with Gasteiger partial charge >= 0.3 is 5.69 Å². The number of nitro benzene ring substituents is 1. The zero-order valence-corrected chi connectivity index (χ0v) is 11.5. The fraction of sp³-hybridized carbons (Fsp3) is 0.462. The van der Waals surface area contributed by atoms with E-state index < -0.39 is 4.92 Å². The molecule has 1 rings (SSSR count). The summed E-state index contributed by atoms with van der Waals surface area (Å²) in [6, 6.07) is 4.03. The SMILES string of the molecule is CC(C)CNC(=O)COc1cc(CO)ccc1[N+](=O)[O-].